The van der Waals surface area contributed by atoms with Gasteiger partial charge in [-0.15, -0.1) is 0 Å². The molecule has 0 fully saturated rings. The van der Waals surface area contributed by atoms with E-state index in [1.165, 1.54) is 65.2 Å². The van der Waals surface area contributed by atoms with Gasteiger partial charge in [-0.2, -0.15) is 104 Å². The van der Waals surface area contributed by atoms with E-state index in [1.54, 1.807) is 41.3 Å². The van der Waals surface area contributed by atoms with Gasteiger partial charge in [0.05, 0.1) is 49.7 Å². The number of fused-ring (bicyclic) bond motifs is 4. The lowest BCUT2D eigenvalue weighted by Crippen LogP contribution is -2.11. The number of nitrogens with two attached hydrogens (primary N) is 4. The highest BCUT2D eigenvalue weighted by Crippen LogP contribution is 2.34. The zero-order chi connectivity index (χ0) is 83.1. The van der Waals surface area contributed by atoms with E-state index in [2.05, 4.69) is 131 Å². The second-order valence-corrected chi connectivity index (χ2v) is 25.3. The number of nitrogens with zero attached hydrogens (tertiary/aromatic N) is 21. The lowest BCUT2D eigenvalue weighted by molar-refractivity contribution is -0.138. The molecule has 7 aromatic carbocycles. The Morgan fingerprint density at radius 3 is 1.22 bits per heavy atom. The van der Waals surface area contributed by atoms with Crippen LogP contribution in [0.3, 0.4) is 0 Å². The standard InChI is InChI=1S/C19H16F3N7.C19H17F2N7O.C18H13F4N7O.C17H12BrF3N8/c1-2-15-25-13-5-3-4-6-14(13)29(15)18-27-16(23)26-17(28-18)24-12-9-7-11(8-10-12)19(20,21)22;1-2-15-24-13-5-3-4-6-14(13)28(15)19-26-17(22)25-18(27-19)23-11-7-9-12(10-8-11)29-16(20)21;1-8-24-12-4-2-9(19)6-13(12)29(8)18-27-16(23)26-17(28-18)25-10-3-5-14(11(20)7-10)30-15(21)22;1-8-24-13-12(6-10(18)7-23-13)29(8)16-27-14(22)26-15(28-16)25-11-4-2-9(3-5-11)17(19,20)21/h3-10H,2H2,1H3,(H3,23,24,26,27,28);3-10,16H,2H2,1H3,(H3,22,23,25,26,27);2-7,15H,1H3,(H3,23,25,26,27,28);2-7H,1H3,(H3,22,25,26,27,28). The molecule has 9 aromatic heterocycles. The molecule has 31 nitrogen and oxygen atoms in total. The first-order valence-corrected chi connectivity index (χ1v) is 35.1. The summed E-state index contributed by atoms with van der Waals surface area (Å²) in [7, 11) is 0. The smallest absolute Gasteiger partial charge is 0.416 e. The summed E-state index contributed by atoms with van der Waals surface area (Å²) >= 11 is 3.37. The minimum atomic E-state index is -4.41. The average Bonchev–Trinajstić information content (AvgIpc) is 1.73. The van der Waals surface area contributed by atoms with Gasteiger partial charge in [-0.05, 0) is 157 Å². The number of imidazole rings is 4. The Kier molecular flexibility index (Phi) is 23.3. The molecule has 16 aromatic rings. The lowest BCUT2D eigenvalue weighted by Gasteiger charge is -2.11. The number of ether oxygens (including phenoxy) is 2. The van der Waals surface area contributed by atoms with Gasteiger partial charge in [0, 0.05) is 58.4 Å². The monoisotopic (exact) mass is 1680 g/mol. The Bertz CT molecular complexity index is 6270. The van der Waals surface area contributed by atoms with Crippen molar-refractivity contribution < 1.29 is 62.2 Å². The van der Waals surface area contributed by atoms with E-state index in [1.807, 2.05) is 73.0 Å². The summed E-state index contributed by atoms with van der Waals surface area (Å²) in [5, 5.41) is 11.4. The van der Waals surface area contributed by atoms with Crippen LogP contribution in [0.5, 0.6) is 11.5 Å². The van der Waals surface area contributed by atoms with Crippen molar-refractivity contribution in [1.29, 1.82) is 0 Å². The molecule has 12 N–H and O–H groups in total. The number of anilines is 12. The summed E-state index contributed by atoms with van der Waals surface area (Å²) in [6.07, 6.45) is -5.87. The second-order valence-electron chi connectivity index (χ2n) is 24.4. The molecule has 9 heterocycles. The number of rotatable bonds is 18. The van der Waals surface area contributed by atoms with Gasteiger partial charge in [0.15, 0.2) is 17.2 Å². The topological polar surface area (TPSA) is 410 Å². The van der Waals surface area contributed by atoms with Gasteiger partial charge in [-0.25, -0.2) is 33.7 Å². The molecule has 598 valence electrons. The van der Waals surface area contributed by atoms with Crippen molar-refractivity contribution in [3.05, 3.63) is 221 Å². The number of hydrogen-bond donors (Lipinski definition) is 8. The van der Waals surface area contributed by atoms with Gasteiger partial charge >= 0.3 is 25.6 Å². The highest BCUT2D eigenvalue weighted by atomic mass is 79.9. The first kappa shape index (κ1) is 80.3. The van der Waals surface area contributed by atoms with Crippen molar-refractivity contribution in [2.24, 2.45) is 0 Å². The molecule has 0 aliphatic carbocycles. The van der Waals surface area contributed by atoms with Gasteiger partial charge in [0.25, 0.3) is 0 Å². The summed E-state index contributed by atoms with van der Waals surface area (Å²) < 4.78 is 169. The van der Waals surface area contributed by atoms with Crippen LogP contribution in [0.25, 0.3) is 68.1 Å². The average molecular weight is 1680 g/mol. The van der Waals surface area contributed by atoms with E-state index in [0.29, 0.717) is 69.7 Å². The van der Waals surface area contributed by atoms with Crippen LogP contribution in [-0.4, -0.2) is 116 Å². The molecule has 0 spiro atoms. The van der Waals surface area contributed by atoms with E-state index < -0.39 is 54.1 Å². The fourth-order valence-corrected chi connectivity index (χ4v) is 11.8. The van der Waals surface area contributed by atoms with Gasteiger partial charge < -0.3 is 53.7 Å². The molecule has 0 aliphatic rings. The van der Waals surface area contributed by atoms with Crippen molar-refractivity contribution in [2.75, 3.05) is 44.2 Å². The Morgan fingerprint density at radius 2 is 0.795 bits per heavy atom. The van der Waals surface area contributed by atoms with Crippen LogP contribution < -0.4 is 53.7 Å². The maximum Gasteiger partial charge on any atom is 0.416 e. The van der Waals surface area contributed by atoms with E-state index in [9.17, 15) is 52.7 Å². The molecule has 44 heteroatoms. The fourth-order valence-electron chi connectivity index (χ4n) is 11.4. The van der Waals surface area contributed by atoms with Gasteiger partial charge in [0.2, 0.25) is 71.4 Å². The minimum Gasteiger partial charge on any atom is -0.435 e. The molecular formula is C73H58BrF12N29O2. The zero-order valence-electron chi connectivity index (χ0n) is 60.7. The first-order chi connectivity index (χ1) is 55.9. The van der Waals surface area contributed by atoms with Crippen LogP contribution in [0.4, 0.5) is 123 Å². The fraction of sp³-hybridized carbons (Fsp3) is 0.137. The van der Waals surface area contributed by atoms with Crippen molar-refractivity contribution in [3.63, 3.8) is 0 Å². The third-order valence-corrected chi connectivity index (χ3v) is 16.8. The molecule has 0 bridgehead atoms. The Balaban J connectivity index is 0.000000135. The Morgan fingerprint density at radius 1 is 0.402 bits per heavy atom. The summed E-state index contributed by atoms with van der Waals surface area (Å²) in [5.74, 6) is 1.62. The number of para-hydroxylation sites is 4. The number of alkyl halides is 10. The summed E-state index contributed by atoms with van der Waals surface area (Å²) in [4.78, 5) is 72.3. The van der Waals surface area contributed by atoms with Crippen molar-refractivity contribution >= 4 is 131 Å². The highest BCUT2D eigenvalue weighted by Gasteiger charge is 2.32. The van der Waals surface area contributed by atoms with E-state index in [4.69, 9.17) is 22.9 Å². The largest absolute Gasteiger partial charge is 0.435 e. The maximum atomic E-state index is 13.9. The molecule has 0 aliphatic heterocycles. The molecule has 0 radical (unpaired) electrons. The van der Waals surface area contributed by atoms with Crippen LogP contribution in [-0.2, 0) is 25.2 Å². The molecule has 117 heavy (non-hydrogen) atoms. The van der Waals surface area contributed by atoms with Crippen LogP contribution in [0.2, 0.25) is 0 Å². The van der Waals surface area contributed by atoms with Crippen LogP contribution in [0.15, 0.2) is 174 Å². The summed E-state index contributed by atoms with van der Waals surface area (Å²) in [6, 6.07) is 39.4. The minimum absolute atomic E-state index is 0.0238. The third kappa shape index (κ3) is 19.1. The number of benzene rings is 7. The summed E-state index contributed by atoms with van der Waals surface area (Å²) in [6.45, 7) is 1.37. The third-order valence-electron chi connectivity index (χ3n) is 16.4. The molecular weight excluding hydrogens is 1620 g/mol. The molecule has 0 saturated heterocycles. The Labute approximate surface area is 659 Å². The van der Waals surface area contributed by atoms with Crippen LogP contribution >= 0.6 is 15.9 Å². The summed E-state index contributed by atoms with van der Waals surface area (Å²) in [5.41, 5.74) is 28.7. The van der Waals surface area contributed by atoms with Crippen LogP contribution in [0.1, 0.15) is 48.3 Å². The predicted molar refractivity (Wildman–Crippen MR) is 411 cm³/mol. The number of hydrogen-bond acceptors (Lipinski definition) is 27. The number of nitrogen functional groups attached to an aromatic ring is 4. The van der Waals surface area contributed by atoms with Crippen molar-refractivity contribution in [3.8, 4) is 35.3 Å². The van der Waals surface area contributed by atoms with Gasteiger partial charge in [-0.1, -0.05) is 38.1 Å². The number of nitrogens with one attached hydrogen (secondary N) is 4. The van der Waals surface area contributed by atoms with Crippen molar-refractivity contribution in [2.45, 2.75) is 66.1 Å². The second kappa shape index (κ2) is 33.9. The van der Waals surface area contributed by atoms with Crippen molar-refractivity contribution in [1.82, 2.24) is 103 Å². The number of aromatic nitrogens is 21. The SMILES string of the molecule is CCc1nc2ccccc2n1-c1nc(N)nc(Nc2ccc(C(F)(F)F)cc2)n1.CCc1nc2ccccc2n1-c1nc(N)nc(Nc2ccc(OC(F)F)cc2)n1.Cc1nc2ccc(F)cc2n1-c1nc(N)nc(Nc2ccc(OC(F)F)c(F)c2)n1.Cc1nc2ncc(Br)cc2n1-c1nc(N)nc(Nc2ccc(C(F)(F)F)cc2)n1. The molecule has 0 unspecified atom stereocenters. The quantitative estimate of drug-likeness (QED) is 0.0370. The normalized spacial score (nSPS) is 11.5. The number of pyridine rings is 1. The van der Waals surface area contributed by atoms with Gasteiger partial charge in [0.1, 0.15) is 34.9 Å². The molecule has 0 atom stereocenters. The molecule has 16 rings (SSSR count). The van der Waals surface area contributed by atoms with E-state index in [0.717, 1.165) is 74.6 Å². The number of halogens is 13. The van der Waals surface area contributed by atoms with E-state index in [-0.39, 0.29) is 76.9 Å². The lowest BCUT2D eigenvalue weighted by atomic mass is 10.2. The molecule has 0 saturated carbocycles. The Hall–Kier alpha value is -14.8. The molecule has 0 amide bonds. The number of aryl methyl sites for hydroxylation is 4. The van der Waals surface area contributed by atoms with Crippen LogP contribution in [0, 0.1) is 25.5 Å². The first-order valence-electron chi connectivity index (χ1n) is 34.3. The maximum absolute atomic E-state index is 13.9. The zero-order valence-corrected chi connectivity index (χ0v) is 62.3. The van der Waals surface area contributed by atoms with Gasteiger partial charge in [-0.3, -0.25) is 18.3 Å². The predicted octanol–water partition coefficient (Wildman–Crippen LogP) is 15.6. The highest BCUT2D eigenvalue weighted by molar-refractivity contribution is 9.10. The van der Waals surface area contributed by atoms with E-state index >= 15 is 0 Å².